The third kappa shape index (κ3) is 4.14. The van der Waals surface area contributed by atoms with Gasteiger partial charge in [-0.15, -0.1) is 0 Å². The minimum Gasteiger partial charge on any atom is -0.494 e. The van der Waals surface area contributed by atoms with E-state index in [4.69, 9.17) is 9.84 Å². The molecule has 2 aromatic carbocycles. The summed E-state index contributed by atoms with van der Waals surface area (Å²) in [6, 6.07) is 15.7. The number of aromatic nitrogens is 2. The van der Waals surface area contributed by atoms with Crippen LogP contribution in [-0.4, -0.2) is 32.4 Å². The average molecular weight is 503 g/mol. The Kier molecular flexibility index (Phi) is 6.45. The zero-order valence-electron chi connectivity index (χ0n) is 20.9. The molecule has 37 heavy (non-hydrogen) atoms. The lowest BCUT2D eigenvalue weighted by Crippen LogP contribution is -2.41. The van der Waals surface area contributed by atoms with Crippen molar-refractivity contribution in [2.75, 3.05) is 11.9 Å². The Labute approximate surface area is 214 Å². The van der Waals surface area contributed by atoms with Crippen LogP contribution in [0.25, 0.3) is 0 Å². The number of carboxylic acids is 1. The fourth-order valence-corrected chi connectivity index (χ4v) is 6.11. The van der Waals surface area contributed by atoms with Gasteiger partial charge in [-0.05, 0) is 31.9 Å². The van der Waals surface area contributed by atoms with Crippen LogP contribution in [0.3, 0.4) is 0 Å². The summed E-state index contributed by atoms with van der Waals surface area (Å²) in [7, 11) is 1.83. The molecule has 2 aliphatic rings. The second kappa shape index (κ2) is 9.72. The fourth-order valence-electron chi connectivity index (χ4n) is 6.11. The Hall–Kier alpha value is -4.14. The van der Waals surface area contributed by atoms with Gasteiger partial charge in [0.2, 0.25) is 0 Å². The summed E-state index contributed by atoms with van der Waals surface area (Å²) in [5.41, 5.74) is 0.895. The van der Waals surface area contributed by atoms with Gasteiger partial charge in [-0.1, -0.05) is 49.2 Å². The number of nitrogens with zero attached hydrogens (tertiary/aromatic N) is 3. The Balaban J connectivity index is 1.79. The van der Waals surface area contributed by atoms with E-state index in [2.05, 4.69) is 5.32 Å². The molecule has 0 radical (unpaired) electrons. The summed E-state index contributed by atoms with van der Waals surface area (Å²) in [6.07, 6.45) is 4.22. The van der Waals surface area contributed by atoms with Gasteiger partial charge in [-0.25, -0.2) is 4.79 Å². The second-order valence-electron chi connectivity index (χ2n) is 9.74. The van der Waals surface area contributed by atoms with Crippen LogP contribution in [0.15, 0.2) is 65.9 Å². The van der Waals surface area contributed by atoms with Crippen molar-refractivity contribution in [3.63, 3.8) is 0 Å². The third-order valence-corrected chi connectivity index (χ3v) is 7.61. The van der Waals surface area contributed by atoms with Crippen LogP contribution in [-0.2, 0) is 17.3 Å². The topological polar surface area (TPSA) is 120 Å². The molecule has 1 aliphatic heterocycles. The van der Waals surface area contributed by atoms with Crippen molar-refractivity contribution in [3.05, 3.63) is 92.8 Å². The van der Waals surface area contributed by atoms with Gasteiger partial charge in [-0.3, -0.25) is 14.8 Å². The van der Waals surface area contributed by atoms with Gasteiger partial charge >= 0.3 is 5.97 Å². The van der Waals surface area contributed by atoms with E-state index in [-0.39, 0.29) is 30.2 Å². The minimum absolute atomic E-state index is 0.0817. The molecule has 1 atom stereocenters. The van der Waals surface area contributed by atoms with Crippen molar-refractivity contribution < 1.29 is 19.6 Å². The van der Waals surface area contributed by atoms with E-state index in [1.54, 1.807) is 29.8 Å². The Morgan fingerprint density at radius 3 is 2.54 bits per heavy atom. The zero-order chi connectivity index (χ0) is 26.2. The number of fused-ring (bicyclic) bond motifs is 1. The predicted molar refractivity (Wildman–Crippen MR) is 139 cm³/mol. The van der Waals surface area contributed by atoms with E-state index in [1.165, 1.54) is 6.07 Å². The molecule has 9 heteroatoms. The van der Waals surface area contributed by atoms with E-state index in [0.29, 0.717) is 28.4 Å². The molecule has 0 spiro atoms. The normalized spacial score (nSPS) is 19.4. The number of hydrogen-bond acceptors (Lipinski definition) is 6. The van der Waals surface area contributed by atoms with Crippen molar-refractivity contribution in [2.24, 2.45) is 7.05 Å². The number of nitro groups is 1. The molecule has 0 bridgehead atoms. The van der Waals surface area contributed by atoms with E-state index >= 15 is 0 Å². The lowest BCUT2D eigenvalue weighted by Gasteiger charge is -2.40. The molecule has 0 amide bonds. The Morgan fingerprint density at radius 1 is 1.19 bits per heavy atom. The van der Waals surface area contributed by atoms with Gasteiger partial charge < -0.3 is 15.2 Å². The van der Waals surface area contributed by atoms with Gasteiger partial charge in [-0.2, -0.15) is 5.10 Å². The van der Waals surface area contributed by atoms with Crippen LogP contribution in [0.2, 0.25) is 0 Å². The molecular formula is C28H30N4O5. The number of nitro benzene ring substituents is 1. The smallest absolute Gasteiger partial charge is 0.334 e. The van der Waals surface area contributed by atoms with E-state index in [9.17, 15) is 20.0 Å². The molecule has 2 N–H and O–H groups in total. The predicted octanol–water partition coefficient (Wildman–Crippen LogP) is 5.53. The molecular weight excluding hydrogens is 472 g/mol. The van der Waals surface area contributed by atoms with Crippen molar-refractivity contribution in [3.8, 4) is 5.75 Å². The van der Waals surface area contributed by atoms with E-state index in [1.807, 2.05) is 37.4 Å². The average Bonchev–Trinajstić information content (AvgIpc) is 3.53. The Bertz CT molecular complexity index is 1370. The van der Waals surface area contributed by atoms with Crippen LogP contribution in [0.5, 0.6) is 5.75 Å². The van der Waals surface area contributed by atoms with Crippen LogP contribution in [0.4, 0.5) is 11.5 Å². The number of anilines is 1. The van der Waals surface area contributed by atoms with Crippen molar-refractivity contribution in [2.45, 2.75) is 50.4 Å². The summed E-state index contributed by atoms with van der Waals surface area (Å²) in [5.74, 6) is 0.341. The highest BCUT2D eigenvalue weighted by molar-refractivity contribution is 5.95. The van der Waals surface area contributed by atoms with Gasteiger partial charge in [0.15, 0.2) is 0 Å². The summed E-state index contributed by atoms with van der Waals surface area (Å²) in [5, 5.41) is 31.1. The first-order chi connectivity index (χ1) is 17.8. The molecule has 3 aromatic rings. The molecule has 1 saturated carbocycles. The number of ether oxygens (including phenoxy) is 1. The van der Waals surface area contributed by atoms with E-state index in [0.717, 1.165) is 31.4 Å². The first-order valence-electron chi connectivity index (χ1n) is 12.6. The SMILES string of the molecule is CC1=C(C(=O)O)C(CCOc2ccccc2)(c2ccccc2[N+](=O)[O-])c2c(C3CCCC3)nn(C)c2N1. The molecule has 1 unspecified atom stereocenters. The number of carboxylic acid groups (broad SMARTS) is 1. The monoisotopic (exact) mass is 502 g/mol. The molecule has 0 saturated heterocycles. The summed E-state index contributed by atoms with van der Waals surface area (Å²) in [6.45, 7) is 1.86. The van der Waals surface area contributed by atoms with Crippen molar-refractivity contribution in [1.82, 2.24) is 9.78 Å². The number of benzene rings is 2. The number of aliphatic carboxylic acids is 1. The van der Waals surface area contributed by atoms with E-state index < -0.39 is 16.3 Å². The second-order valence-corrected chi connectivity index (χ2v) is 9.74. The molecule has 192 valence electrons. The number of para-hydroxylation sites is 2. The van der Waals surface area contributed by atoms with Crippen LogP contribution in [0.1, 0.15) is 61.8 Å². The number of hydrogen-bond donors (Lipinski definition) is 2. The maximum absolute atomic E-state index is 13.0. The Morgan fingerprint density at radius 2 is 1.86 bits per heavy atom. The number of rotatable bonds is 8. The quantitative estimate of drug-likeness (QED) is 0.307. The zero-order valence-corrected chi connectivity index (χ0v) is 20.9. The van der Waals surface area contributed by atoms with Crippen molar-refractivity contribution >= 4 is 17.5 Å². The van der Waals surface area contributed by atoms with Gasteiger partial charge in [0, 0.05) is 42.3 Å². The molecule has 1 aromatic heterocycles. The van der Waals surface area contributed by atoms with Gasteiger partial charge in [0.25, 0.3) is 5.69 Å². The minimum atomic E-state index is -1.35. The third-order valence-electron chi connectivity index (χ3n) is 7.61. The number of carbonyl (C=O) groups is 1. The van der Waals surface area contributed by atoms with Crippen LogP contribution in [0, 0.1) is 10.1 Å². The number of nitrogens with one attached hydrogen (secondary N) is 1. The molecule has 2 heterocycles. The molecule has 5 rings (SSSR count). The summed E-state index contributed by atoms with van der Waals surface area (Å²) < 4.78 is 7.82. The first-order valence-corrected chi connectivity index (χ1v) is 12.6. The lowest BCUT2D eigenvalue weighted by molar-refractivity contribution is -0.385. The maximum atomic E-state index is 13.0. The van der Waals surface area contributed by atoms with Gasteiger partial charge in [0.1, 0.15) is 11.6 Å². The summed E-state index contributed by atoms with van der Waals surface area (Å²) in [4.78, 5) is 24.8. The molecule has 9 nitrogen and oxygen atoms in total. The van der Waals surface area contributed by atoms with Crippen LogP contribution >= 0.6 is 0 Å². The number of allylic oxidation sites excluding steroid dienone is 1. The lowest BCUT2D eigenvalue weighted by atomic mass is 9.63. The fraction of sp³-hybridized carbons (Fsp3) is 0.357. The standard InChI is InChI=1S/C28H30N4O5/c1-18-23(27(33)34)28(16-17-37-20-12-4-3-5-13-20,21-14-8-9-15-22(21)32(35)36)24-25(19-10-6-7-11-19)30-31(2)26(24)29-18/h3-5,8-9,12-15,19,29H,6-7,10-11,16-17H2,1-2H3,(H,33,34). The van der Waals surface area contributed by atoms with Gasteiger partial charge in [0.05, 0.1) is 28.2 Å². The van der Waals surface area contributed by atoms with Crippen LogP contribution < -0.4 is 10.1 Å². The maximum Gasteiger partial charge on any atom is 0.334 e. The number of aryl methyl sites for hydroxylation is 1. The summed E-state index contributed by atoms with van der Waals surface area (Å²) >= 11 is 0. The molecule has 1 aliphatic carbocycles. The first kappa shape index (κ1) is 24.5. The highest BCUT2D eigenvalue weighted by Gasteiger charge is 2.53. The van der Waals surface area contributed by atoms with Crippen molar-refractivity contribution in [1.29, 1.82) is 0 Å². The highest BCUT2D eigenvalue weighted by Crippen LogP contribution is 2.55. The highest BCUT2D eigenvalue weighted by atomic mass is 16.6. The largest absolute Gasteiger partial charge is 0.494 e. The molecule has 1 fully saturated rings.